The number of carbonyl (C=O) groups is 2. The van der Waals surface area contributed by atoms with Crippen molar-refractivity contribution in [2.45, 2.75) is 25.8 Å². The second-order valence-corrected chi connectivity index (χ2v) is 7.37. The number of hydrogen-bond acceptors (Lipinski definition) is 8. The van der Waals surface area contributed by atoms with Gasteiger partial charge in [-0.25, -0.2) is 23.8 Å². The van der Waals surface area contributed by atoms with Crippen LogP contribution in [0.5, 0.6) is 0 Å². The number of benzene rings is 1. The van der Waals surface area contributed by atoms with Crippen molar-refractivity contribution in [2.75, 3.05) is 17.7 Å². The zero-order chi connectivity index (χ0) is 23.2. The summed E-state index contributed by atoms with van der Waals surface area (Å²) in [5.74, 6) is -1.98. The van der Waals surface area contributed by atoms with Gasteiger partial charge in [-0.05, 0) is 19.9 Å². The number of amides is 1. The van der Waals surface area contributed by atoms with Crippen LogP contribution >= 0.6 is 0 Å². The van der Waals surface area contributed by atoms with Crippen LogP contribution in [0.3, 0.4) is 0 Å². The second-order valence-electron chi connectivity index (χ2n) is 7.37. The van der Waals surface area contributed by atoms with Crippen LogP contribution in [0.2, 0.25) is 0 Å². The highest BCUT2D eigenvalue weighted by molar-refractivity contribution is 6.19. The normalized spacial score (nSPS) is 17.2. The quantitative estimate of drug-likeness (QED) is 0.432. The van der Waals surface area contributed by atoms with Crippen LogP contribution in [-0.4, -0.2) is 42.8 Å². The predicted molar refractivity (Wildman–Crippen MR) is 111 cm³/mol. The predicted octanol–water partition coefficient (Wildman–Crippen LogP) is 0.581. The first kappa shape index (κ1) is 21.2. The van der Waals surface area contributed by atoms with E-state index in [0.29, 0.717) is 0 Å². The van der Waals surface area contributed by atoms with Gasteiger partial charge >= 0.3 is 11.7 Å². The van der Waals surface area contributed by atoms with Gasteiger partial charge in [0.2, 0.25) is 17.6 Å². The molecule has 0 bridgehead atoms. The molecular weight excluding hydrogens is 421 g/mol. The van der Waals surface area contributed by atoms with Gasteiger partial charge in [0.1, 0.15) is 17.5 Å². The van der Waals surface area contributed by atoms with E-state index in [1.54, 1.807) is 25.1 Å². The number of ether oxygens (including phenoxy) is 1. The van der Waals surface area contributed by atoms with Crippen LogP contribution in [0.15, 0.2) is 29.1 Å². The smallest absolute Gasteiger partial charge is 0.346 e. The first-order valence-electron chi connectivity index (χ1n) is 9.72. The van der Waals surface area contributed by atoms with Crippen molar-refractivity contribution in [1.29, 1.82) is 0 Å². The molecule has 1 amide bonds. The zero-order valence-electron chi connectivity index (χ0n) is 17.5. The Morgan fingerprint density at radius 2 is 2.00 bits per heavy atom. The highest BCUT2D eigenvalue weighted by Gasteiger charge is 2.53. The third-order valence-corrected chi connectivity index (χ3v) is 5.33. The fourth-order valence-corrected chi connectivity index (χ4v) is 3.55. The van der Waals surface area contributed by atoms with Gasteiger partial charge < -0.3 is 15.8 Å². The van der Waals surface area contributed by atoms with Gasteiger partial charge in [-0.15, -0.1) is 5.10 Å². The number of nitrogens with two attached hydrogens (primary N) is 1. The van der Waals surface area contributed by atoms with Crippen molar-refractivity contribution in [2.24, 2.45) is 7.05 Å². The van der Waals surface area contributed by atoms with Crippen molar-refractivity contribution in [3.05, 3.63) is 51.7 Å². The van der Waals surface area contributed by atoms with E-state index in [1.165, 1.54) is 24.6 Å². The van der Waals surface area contributed by atoms with Crippen LogP contribution in [0, 0.1) is 5.82 Å². The highest BCUT2D eigenvalue weighted by atomic mass is 19.1. The molecule has 0 saturated carbocycles. The molecule has 0 fully saturated rings. The third-order valence-electron chi connectivity index (χ3n) is 5.33. The number of halogens is 1. The molecule has 0 aliphatic carbocycles. The lowest BCUT2D eigenvalue weighted by Gasteiger charge is -2.20. The van der Waals surface area contributed by atoms with E-state index < -0.39 is 28.8 Å². The molecule has 3 aromatic rings. The standard InChI is InChI=1S/C20H20FN7O4/c1-4-32-18(30)20(2)12-13(22)23-15(24-14(12)25-17(20)29)16-26-28(19(31)27(16)3)9-10-7-5-6-8-11(10)21/h5-8H,4,9H2,1-3H3,(H3,22,23,24,25,29). The number of esters is 1. The molecule has 11 nitrogen and oxygen atoms in total. The van der Waals surface area contributed by atoms with Gasteiger partial charge in [-0.2, -0.15) is 0 Å². The molecule has 1 aromatic carbocycles. The van der Waals surface area contributed by atoms with Crippen LogP contribution in [0.25, 0.3) is 11.6 Å². The summed E-state index contributed by atoms with van der Waals surface area (Å²) in [5, 5.41) is 6.74. The zero-order valence-corrected chi connectivity index (χ0v) is 17.5. The number of carbonyl (C=O) groups excluding carboxylic acids is 2. The van der Waals surface area contributed by atoms with E-state index in [-0.39, 0.29) is 47.6 Å². The molecule has 0 saturated heterocycles. The fourth-order valence-electron chi connectivity index (χ4n) is 3.55. The summed E-state index contributed by atoms with van der Waals surface area (Å²) in [7, 11) is 1.45. The van der Waals surface area contributed by atoms with Gasteiger partial charge in [0.25, 0.3) is 0 Å². The van der Waals surface area contributed by atoms with Gasteiger partial charge in [0.15, 0.2) is 5.41 Å². The Labute approximate surface area is 181 Å². The molecule has 3 N–H and O–H groups in total. The van der Waals surface area contributed by atoms with Crippen LogP contribution in [0.4, 0.5) is 16.0 Å². The molecule has 1 aliphatic heterocycles. The third kappa shape index (κ3) is 3.11. The minimum atomic E-state index is -1.70. The first-order chi connectivity index (χ1) is 15.2. The number of rotatable bonds is 5. The lowest BCUT2D eigenvalue weighted by molar-refractivity contribution is -0.152. The van der Waals surface area contributed by atoms with Crippen molar-refractivity contribution < 1.29 is 18.7 Å². The second kappa shape index (κ2) is 7.55. The monoisotopic (exact) mass is 441 g/mol. The van der Waals surface area contributed by atoms with E-state index in [2.05, 4.69) is 20.4 Å². The molecule has 1 unspecified atom stereocenters. The molecule has 1 aliphatic rings. The Balaban J connectivity index is 1.77. The van der Waals surface area contributed by atoms with Gasteiger partial charge in [0.05, 0.1) is 18.7 Å². The van der Waals surface area contributed by atoms with E-state index in [4.69, 9.17) is 10.5 Å². The summed E-state index contributed by atoms with van der Waals surface area (Å²) in [6.45, 7) is 2.98. The number of nitrogens with one attached hydrogen (secondary N) is 1. The van der Waals surface area contributed by atoms with Crippen molar-refractivity contribution in [3.8, 4) is 11.6 Å². The summed E-state index contributed by atoms with van der Waals surface area (Å²) in [6, 6.07) is 6.04. The average molecular weight is 441 g/mol. The summed E-state index contributed by atoms with van der Waals surface area (Å²) < 4.78 is 21.3. The van der Waals surface area contributed by atoms with Crippen molar-refractivity contribution >= 4 is 23.5 Å². The lowest BCUT2D eigenvalue weighted by Crippen LogP contribution is -2.41. The summed E-state index contributed by atoms with van der Waals surface area (Å²) in [4.78, 5) is 46.1. The summed E-state index contributed by atoms with van der Waals surface area (Å²) in [6.07, 6.45) is 0. The Bertz CT molecular complexity index is 1320. The Morgan fingerprint density at radius 3 is 2.69 bits per heavy atom. The molecule has 0 radical (unpaired) electrons. The number of aromatic nitrogens is 5. The number of hydrogen-bond donors (Lipinski definition) is 2. The SMILES string of the molecule is CCOC(=O)C1(C)C(=O)Nc2nc(-c3nn(Cc4ccccc4F)c(=O)n3C)nc(N)c21. The number of fused-ring (bicyclic) bond motifs is 1. The topological polar surface area (TPSA) is 147 Å². The average Bonchev–Trinajstić information content (AvgIpc) is 3.18. The molecule has 166 valence electrons. The molecule has 4 rings (SSSR count). The fraction of sp³-hybridized carbons (Fsp3) is 0.300. The van der Waals surface area contributed by atoms with Gasteiger partial charge in [-0.3, -0.25) is 14.2 Å². The summed E-state index contributed by atoms with van der Waals surface area (Å²) >= 11 is 0. The van der Waals surface area contributed by atoms with Crippen LogP contribution in [-0.2, 0) is 33.3 Å². The molecular formula is C20H20FN7O4. The van der Waals surface area contributed by atoms with E-state index in [0.717, 1.165) is 4.68 Å². The van der Waals surface area contributed by atoms with Crippen LogP contribution < -0.4 is 16.7 Å². The highest BCUT2D eigenvalue weighted by Crippen LogP contribution is 2.41. The molecule has 32 heavy (non-hydrogen) atoms. The Kier molecular flexibility index (Phi) is 4.99. The van der Waals surface area contributed by atoms with Crippen LogP contribution in [0.1, 0.15) is 25.0 Å². The number of nitrogens with zero attached hydrogens (tertiary/aromatic N) is 5. The molecule has 12 heteroatoms. The molecule has 2 aromatic heterocycles. The molecule has 3 heterocycles. The number of nitrogen functional groups attached to an aromatic ring is 1. The summed E-state index contributed by atoms with van der Waals surface area (Å²) in [5.41, 5.74) is 4.25. The van der Waals surface area contributed by atoms with Gasteiger partial charge in [0, 0.05) is 12.6 Å². The molecule has 1 atom stereocenters. The van der Waals surface area contributed by atoms with Crippen molar-refractivity contribution in [1.82, 2.24) is 24.3 Å². The Morgan fingerprint density at radius 1 is 1.28 bits per heavy atom. The lowest BCUT2D eigenvalue weighted by atomic mass is 9.84. The first-order valence-corrected chi connectivity index (χ1v) is 9.72. The minimum absolute atomic E-state index is 0.0316. The molecule has 0 spiro atoms. The maximum atomic E-state index is 14.0. The van der Waals surface area contributed by atoms with Gasteiger partial charge in [-0.1, -0.05) is 18.2 Å². The Hall–Kier alpha value is -4.09. The largest absolute Gasteiger partial charge is 0.465 e. The maximum Gasteiger partial charge on any atom is 0.346 e. The minimum Gasteiger partial charge on any atom is -0.465 e. The van der Waals surface area contributed by atoms with Crippen molar-refractivity contribution in [3.63, 3.8) is 0 Å². The van der Waals surface area contributed by atoms with E-state index >= 15 is 0 Å². The number of anilines is 2. The van der Waals surface area contributed by atoms with E-state index in [9.17, 15) is 18.8 Å². The maximum absolute atomic E-state index is 14.0. The van der Waals surface area contributed by atoms with E-state index in [1.807, 2.05) is 0 Å².